The number of piperidine rings is 1. The lowest BCUT2D eigenvalue weighted by Crippen LogP contribution is -2.34. The molecule has 0 aromatic heterocycles. The van der Waals surface area contributed by atoms with Crippen molar-refractivity contribution in [1.29, 1.82) is 0 Å². The molecule has 1 heterocycles. The van der Waals surface area contributed by atoms with Crippen LogP contribution in [0, 0.1) is 5.92 Å². The van der Waals surface area contributed by atoms with Gasteiger partial charge in [0.15, 0.2) is 0 Å². The van der Waals surface area contributed by atoms with Crippen molar-refractivity contribution in [3.8, 4) is 5.75 Å². The molecule has 0 amide bonds. The highest BCUT2D eigenvalue weighted by Crippen LogP contribution is 2.27. The van der Waals surface area contributed by atoms with Crippen LogP contribution in [0.1, 0.15) is 24.8 Å². The fourth-order valence-electron chi connectivity index (χ4n) is 2.85. The molecule has 0 radical (unpaired) electrons. The molecule has 1 aromatic carbocycles. The van der Waals surface area contributed by atoms with Gasteiger partial charge in [-0.25, -0.2) is 0 Å². The van der Waals surface area contributed by atoms with Crippen molar-refractivity contribution in [2.24, 2.45) is 5.92 Å². The number of nitrogens with one attached hydrogen (secondary N) is 1. The normalized spacial score (nSPS) is 17.4. The molecular weight excluding hydrogens is 316 g/mol. The first-order valence-corrected chi connectivity index (χ1v) is 8.21. The van der Waals surface area contributed by atoms with Crippen molar-refractivity contribution in [1.82, 2.24) is 10.2 Å². The summed E-state index contributed by atoms with van der Waals surface area (Å²) in [5.41, 5.74) is 1.35. The van der Waals surface area contributed by atoms with Crippen molar-refractivity contribution in [3.63, 3.8) is 0 Å². The minimum Gasteiger partial charge on any atom is -0.496 e. The highest BCUT2D eigenvalue weighted by Gasteiger charge is 2.18. The second kappa shape index (κ2) is 8.01. The Labute approximate surface area is 130 Å². The summed E-state index contributed by atoms with van der Waals surface area (Å²) in [5, 5.41) is 3.25. The van der Waals surface area contributed by atoms with Crippen LogP contribution in [0.25, 0.3) is 0 Å². The molecule has 0 spiro atoms. The van der Waals surface area contributed by atoms with E-state index in [1.165, 1.54) is 37.9 Å². The second-order valence-electron chi connectivity index (χ2n) is 5.58. The standard InChI is InChI=1S/C16H25BrN2O/c1-18-8-5-13-6-9-19(10-7-13)12-14-3-4-16(20-2)15(17)11-14/h3-4,11,13,18H,5-10,12H2,1-2H3. The van der Waals surface area contributed by atoms with E-state index in [1.54, 1.807) is 7.11 Å². The minimum absolute atomic E-state index is 0.902. The van der Waals surface area contributed by atoms with E-state index in [2.05, 4.69) is 38.3 Å². The SMILES string of the molecule is CNCCC1CCN(Cc2ccc(OC)c(Br)c2)CC1. The summed E-state index contributed by atoms with van der Waals surface area (Å²) in [7, 11) is 3.74. The van der Waals surface area contributed by atoms with Crippen molar-refractivity contribution in [2.75, 3.05) is 33.8 Å². The number of benzene rings is 1. The maximum atomic E-state index is 5.28. The van der Waals surface area contributed by atoms with E-state index >= 15 is 0 Å². The maximum absolute atomic E-state index is 5.28. The summed E-state index contributed by atoms with van der Waals surface area (Å²) in [6.07, 6.45) is 3.98. The van der Waals surface area contributed by atoms with Crippen LogP contribution in [-0.4, -0.2) is 38.7 Å². The summed E-state index contributed by atoms with van der Waals surface area (Å²) in [5.74, 6) is 1.81. The van der Waals surface area contributed by atoms with Gasteiger partial charge in [-0.15, -0.1) is 0 Å². The Bertz CT molecular complexity index is 417. The first-order chi connectivity index (χ1) is 9.72. The van der Waals surface area contributed by atoms with E-state index in [1.807, 2.05) is 13.1 Å². The number of halogens is 1. The average Bonchev–Trinajstić information content (AvgIpc) is 2.47. The number of methoxy groups -OCH3 is 1. The fourth-order valence-corrected chi connectivity index (χ4v) is 3.44. The molecule has 1 saturated heterocycles. The fraction of sp³-hybridized carbons (Fsp3) is 0.625. The number of hydrogen-bond donors (Lipinski definition) is 1. The van der Waals surface area contributed by atoms with Crippen molar-refractivity contribution >= 4 is 15.9 Å². The van der Waals surface area contributed by atoms with Gasteiger partial charge < -0.3 is 10.1 Å². The van der Waals surface area contributed by atoms with Crippen molar-refractivity contribution in [2.45, 2.75) is 25.8 Å². The lowest BCUT2D eigenvalue weighted by Gasteiger charge is -2.32. The van der Waals surface area contributed by atoms with Gasteiger partial charge in [0.05, 0.1) is 11.6 Å². The monoisotopic (exact) mass is 340 g/mol. The van der Waals surface area contributed by atoms with Gasteiger partial charge in [-0.3, -0.25) is 4.90 Å². The molecule has 1 aliphatic rings. The van der Waals surface area contributed by atoms with Crippen LogP contribution in [-0.2, 0) is 6.54 Å². The zero-order valence-corrected chi connectivity index (χ0v) is 14.1. The molecule has 1 N–H and O–H groups in total. The Hall–Kier alpha value is -0.580. The van der Waals surface area contributed by atoms with Gasteiger partial charge >= 0.3 is 0 Å². The molecule has 1 fully saturated rings. The Morgan fingerprint density at radius 2 is 2.10 bits per heavy atom. The van der Waals surface area contributed by atoms with Crippen molar-refractivity contribution in [3.05, 3.63) is 28.2 Å². The number of likely N-dealkylation sites (tertiary alicyclic amines) is 1. The third kappa shape index (κ3) is 4.47. The zero-order chi connectivity index (χ0) is 14.4. The van der Waals surface area contributed by atoms with E-state index < -0.39 is 0 Å². The maximum Gasteiger partial charge on any atom is 0.133 e. The second-order valence-corrected chi connectivity index (χ2v) is 6.43. The number of rotatable bonds is 6. The first-order valence-electron chi connectivity index (χ1n) is 7.42. The van der Waals surface area contributed by atoms with Crippen LogP contribution in [0.3, 0.4) is 0 Å². The third-order valence-corrected chi connectivity index (χ3v) is 4.75. The van der Waals surface area contributed by atoms with E-state index in [0.29, 0.717) is 0 Å². The van der Waals surface area contributed by atoms with Gasteiger partial charge in [0.1, 0.15) is 5.75 Å². The third-order valence-electron chi connectivity index (χ3n) is 4.13. The van der Waals surface area contributed by atoms with Gasteiger partial charge in [0, 0.05) is 6.54 Å². The summed E-state index contributed by atoms with van der Waals surface area (Å²) in [6, 6.07) is 6.38. The van der Waals surface area contributed by atoms with E-state index in [9.17, 15) is 0 Å². The summed E-state index contributed by atoms with van der Waals surface area (Å²) in [4.78, 5) is 2.56. The minimum atomic E-state index is 0.902. The summed E-state index contributed by atoms with van der Waals surface area (Å²) < 4.78 is 6.32. The van der Waals surface area contributed by atoms with Gasteiger partial charge in [0.2, 0.25) is 0 Å². The van der Waals surface area contributed by atoms with Crippen LogP contribution >= 0.6 is 15.9 Å². The Kier molecular flexibility index (Phi) is 6.33. The predicted molar refractivity (Wildman–Crippen MR) is 87.2 cm³/mol. The largest absolute Gasteiger partial charge is 0.496 e. The molecule has 0 saturated carbocycles. The smallest absolute Gasteiger partial charge is 0.133 e. The molecule has 3 nitrogen and oxygen atoms in total. The van der Waals surface area contributed by atoms with Gasteiger partial charge in [-0.1, -0.05) is 6.07 Å². The first kappa shape index (κ1) is 15.8. The van der Waals surface area contributed by atoms with Crippen LogP contribution in [0.15, 0.2) is 22.7 Å². The Balaban J connectivity index is 1.82. The molecule has 20 heavy (non-hydrogen) atoms. The Morgan fingerprint density at radius 3 is 2.70 bits per heavy atom. The molecular formula is C16H25BrN2O. The van der Waals surface area contributed by atoms with Crippen LogP contribution < -0.4 is 10.1 Å². The molecule has 0 bridgehead atoms. The van der Waals surface area contributed by atoms with Crippen molar-refractivity contribution < 1.29 is 4.74 Å². The number of ether oxygens (including phenoxy) is 1. The molecule has 0 unspecified atom stereocenters. The number of nitrogens with zero attached hydrogens (tertiary/aromatic N) is 1. The molecule has 4 heteroatoms. The lowest BCUT2D eigenvalue weighted by molar-refractivity contribution is 0.172. The molecule has 0 aliphatic carbocycles. The number of hydrogen-bond acceptors (Lipinski definition) is 3. The van der Waals surface area contributed by atoms with Crippen LogP contribution in [0.2, 0.25) is 0 Å². The molecule has 112 valence electrons. The van der Waals surface area contributed by atoms with E-state index in [4.69, 9.17) is 4.74 Å². The lowest BCUT2D eigenvalue weighted by atomic mass is 9.93. The van der Waals surface area contributed by atoms with Gasteiger partial charge in [0.25, 0.3) is 0 Å². The summed E-state index contributed by atoms with van der Waals surface area (Å²) in [6.45, 7) is 4.63. The van der Waals surface area contributed by atoms with Gasteiger partial charge in [-0.05, 0) is 85.5 Å². The van der Waals surface area contributed by atoms with Gasteiger partial charge in [-0.2, -0.15) is 0 Å². The highest BCUT2D eigenvalue weighted by molar-refractivity contribution is 9.10. The molecule has 1 aliphatic heterocycles. The predicted octanol–water partition coefficient (Wildman–Crippen LogP) is 3.28. The molecule has 0 atom stereocenters. The van der Waals surface area contributed by atoms with Crippen LogP contribution in [0.5, 0.6) is 5.75 Å². The molecule has 2 rings (SSSR count). The average molecular weight is 341 g/mol. The summed E-state index contributed by atoms with van der Waals surface area (Å²) >= 11 is 3.56. The highest BCUT2D eigenvalue weighted by atomic mass is 79.9. The van der Waals surface area contributed by atoms with E-state index in [0.717, 1.165) is 29.2 Å². The topological polar surface area (TPSA) is 24.5 Å². The quantitative estimate of drug-likeness (QED) is 0.859. The van der Waals surface area contributed by atoms with Crippen LogP contribution in [0.4, 0.5) is 0 Å². The molecule has 1 aromatic rings. The zero-order valence-electron chi connectivity index (χ0n) is 12.5. The van der Waals surface area contributed by atoms with E-state index in [-0.39, 0.29) is 0 Å². The Morgan fingerprint density at radius 1 is 1.35 bits per heavy atom.